The number of rotatable bonds is 9. The molecule has 0 aliphatic rings. The van der Waals surface area contributed by atoms with Crippen molar-refractivity contribution in [3.05, 3.63) is 0 Å². The van der Waals surface area contributed by atoms with Gasteiger partial charge in [-0.25, -0.2) is 0 Å². The maximum absolute atomic E-state index is 11.1. The van der Waals surface area contributed by atoms with E-state index in [-0.39, 0.29) is 36.1 Å². The molecule has 0 aliphatic heterocycles. The van der Waals surface area contributed by atoms with Crippen molar-refractivity contribution in [2.75, 3.05) is 13.2 Å². The lowest BCUT2D eigenvalue weighted by molar-refractivity contribution is -0.128. The van der Waals surface area contributed by atoms with E-state index in [1.54, 1.807) is 0 Å². The van der Waals surface area contributed by atoms with E-state index >= 15 is 0 Å². The van der Waals surface area contributed by atoms with Crippen LogP contribution in [0.1, 0.15) is 61.8 Å². The molecule has 0 saturated carbocycles. The molecule has 0 heterocycles. The van der Waals surface area contributed by atoms with Gasteiger partial charge in [0.05, 0.1) is 0 Å². The first-order chi connectivity index (χ1) is 10.6. The van der Waals surface area contributed by atoms with E-state index in [2.05, 4.69) is 10.6 Å². The van der Waals surface area contributed by atoms with Crippen LogP contribution in [0.15, 0.2) is 0 Å². The number of hydrogen-bond donors (Lipinski definition) is 2. The predicted molar refractivity (Wildman–Crippen MR) is 92.8 cm³/mol. The van der Waals surface area contributed by atoms with Crippen molar-refractivity contribution in [1.29, 1.82) is 0 Å². The second kappa shape index (κ2) is 14.5. The zero-order valence-electron chi connectivity index (χ0n) is 16.1. The molecule has 0 radical (unpaired) electrons. The summed E-state index contributed by atoms with van der Waals surface area (Å²) >= 11 is 0. The molecule has 0 aliphatic carbocycles. The van der Waals surface area contributed by atoms with E-state index in [0.29, 0.717) is 13.2 Å². The summed E-state index contributed by atoms with van der Waals surface area (Å²) in [6, 6.07) is 0. The number of carbonyl (C=O) groups is 2. The molecule has 2 N–H and O–H groups in total. The van der Waals surface area contributed by atoms with Crippen LogP contribution in [0.25, 0.3) is 0 Å². The van der Waals surface area contributed by atoms with Crippen LogP contribution in [-0.4, -0.2) is 37.5 Å². The Hall–Kier alpha value is -1.14. The van der Waals surface area contributed by atoms with Gasteiger partial charge in [0.1, 0.15) is 12.5 Å². The quantitative estimate of drug-likeness (QED) is 0.636. The highest BCUT2D eigenvalue weighted by Crippen LogP contribution is 1.95. The van der Waals surface area contributed by atoms with Crippen molar-refractivity contribution in [2.24, 2.45) is 11.8 Å². The van der Waals surface area contributed by atoms with Crippen LogP contribution in [0.5, 0.6) is 0 Å². The van der Waals surface area contributed by atoms with E-state index in [4.69, 9.17) is 9.47 Å². The predicted octanol–water partition coefficient (Wildman–Crippen LogP) is 2.67. The van der Waals surface area contributed by atoms with Gasteiger partial charge in [-0.1, -0.05) is 34.6 Å². The Labute approximate surface area is 141 Å². The monoisotopic (exact) mass is 332 g/mol. The first-order valence-corrected chi connectivity index (χ1v) is 8.49. The summed E-state index contributed by atoms with van der Waals surface area (Å²) in [6.07, 6.45) is 0.636. The van der Waals surface area contributed by atoms with Gasteiger partial charge < -0.3 is 20.1 Å². The fourth-order valence-electron chi connectivity index (χ4n) is 1.36. The largest absolute Gasteiger partial charge is 0.359 e. The summed E-state index contributed by atoms with van der Waals surface area (Å²) in [5, 5.41) is 5.47. The molecule has 2 atom stereocenters. The van der Waals surface area contributed by atoms with E-state index in [9.17, 15) is 9.59 Å². The van der Waals surface area contributed by atoms with Crippen LogP contribution in [0.3, 0.4) is 0 Å². The van der Waals surface area contributed by atoms with Crippen LogP contribution in [0.2, 0.25) is 0 Å². The molecular formula is C17H36N2O4. The summed E-state index contributed by atoms with van der Waals surface area (Å²) in [7, 11) is 0. The van der Waals surface area contributed by atoms with E-state index < -0.39 is 0 Å². The Bertz CT molecular complexity index is 320. The number of carbonyl (C=O) groups excluding carboxylic acids is 2. The van der Waals surface area contributed by atoms with Crippen LogP contribution < -0.4 is 10.6 Å². The van der Waals surface area contributed by atoms with Gasteiger partial charge in [-0.05, 0) is 27.2 Å². The minimum Gasteiger partial charge on any atom is -0.359 e. The van der Waals surface area contributed by atoms with Gasteiger partial charge in [-0.15, -0.1) is 0 Å². The Balaban J connectivity index is 0. The third kappa shape index (κ3) is 15.5. The standard InChI is InChI=1S/C9H19NO2.C8H17NO2/c1-5-6-12-8(4)10-9(11)7(2)3;1-5-11-7(4)9-8(10)6(2)3/h7-8H,5-6H2,1-4H3,(H,10,11);6-7H,5H2,1-4H3,(H,9,10). The third-order valence-corrected chi connectivity index (χ3v) is 2.73. The van der Waals surface area contributed by atoms with Gasteiger partial charge in [-0.3, -0.25) is 9.59 Å². The van der Waals surface area contributed by atoms with E-state index in [1.807, 2.05) is 55.4 Å². The van der Waals surface area contributed by atoms with Gasteiger partial charge in [-0.2, -0.15) is 0 Å². The van der Waals surface area contributed by atoms with Gasteiger partial charge >= 0.3 is 0 Å². The molecular weight excluding hydrogens is 296 g/mol. The zero-order chi connectivity index (χ0) is 18.4. The van der Waals surface area contributed by atoms with Crippen LogP contribution in [-0.2, 0) is 19.1 Å². The van der Waals surface area contributed by atoms with Crippen molar-refractivity contribution in [3.8, 4) is 0 Å². The van der Waals surface area contributed by atoms with Gasteiger partial charge in [0.25, 0.3) is 0 Å². The Morgan fingerprint density at radius 1 is 0.783 bits per heavy atom. The van der Waals surface area contributed by atoms with Gasteiger partial charge in [0.2, 0.25) is 11.8 Å². The highest BCUT2D eigenvalue weighted by Gasteiger charge is 2.10. The lowest BCUT2D eigenvalue weighted by atomic mass is 10.2. The molecule has 0 aromatic carbocycles. The Morgan fingerprint density at radius 2 is 1.17 bits per heavy atom. The molecule has 0 aromatic rings. The maximum atomic E-state index is 11.1. The van der Waals surface area contributed by atoms with Crippen molar-refractivity contribution in [2.45, 2.75) is 74.3 Å². The first kappa shape index (κ1) is 24.1. The SMILES string of the molecule is CCCOC(C)NC(=O)C(C)C.CCOC(C)NC(=O)C(C)C. The molecule has 6 heteroatoms. The minimum absolute atomic E-state index is 0.0256. The average molecular weight is 332 g/mol. The van der Waals surface area contributed by atoms with Crippen molar-refractivity contribution >= 4 is 11.8 Å². The smallest absolute Gasteiger partial charge is 0.224 e. The summed E-state index contributed by atoms with van der Waals surface area (Å²) < 4.78 is 10.4. The zero-order valence-corrected chi connectivity index (χ0v) is 16.1. The number of ether oxygens (including phenoxy) is 2. The van der Waals surface area contributed by atoms with Gasteiger partial charge in [0.15, 0.2) is 0 Å². The van der Waals surface area contributed by atoms with Crippen LogP contribution >= 0.6 is 0 Å². The normalized spacial score (nSPS) is 13.1. The van der Waals surface area contributed by atoms with E-state index in [0.717, 1.165) is 6.42 Å². The molecule has 0 rings (SSSR count). The highest BCUT2D eigenvalue weighted by atomic mass is 16.5. The number of nitrogens with one attached hydrogen (secondary N) is 2. The maximum Gasteiger partial charge on any atom is 0.224 e. The summed E-state index contributed by atoms with van der Waals surface area (Å²) in [5.74, 6) is 0.125. The molecule has 0 bridgehead atoms. The number of amides is 2. The average Bonchev–Trinajstić information content (AvgIpc) is 2.45. The second-order valence-corrected chi connectivity index (χ2v) is 5.94. The summed E-state index contributed by atoms with van der Waals surface area (Å²) in [5.41, 5.74) is 0. The molecule has 2 amide bonds. The summed E-state index contributed by atoms with van der Waals surface area (Å²) in [4.78, 5) is 22.2. The molecule has 0 spiro atoms. The molecule has 23 heavy (non-hydrogen) atoms. The van der Waals surface area contributed by atoms with Gasteiger partial charge in [0, 0.05) is 25.0 Å². The lowest BCUT2D eigenvalue weighted by Crippen LogP contribution is -2.37. The third-order valence-electron chi connectivity index (χ3n) is 2.73. The number of hydrogen-bond acceptors (Lipinski definition) is 4. The minimum atomic E-state index is -0.171. The molecule has 138 valence electrons. The van der Waals surface area contributed by atoms with Crippen molar-refractivity contribution < 1.29 is 19.1 Å². The van der Waals surface area contributed by atoms with E-state index in [1.165, 1.54) is 0 Å². The van der Waals surface area contributed by atoms with Crippen LogP contribution in [0.4, 0.5) is 0 Å². The second-order valence-electron chi connectivity index (χ2n) is 5.94. The molecule has 0 saturated heterocycles. The Kier molecular flexibility index (Phi) is 15.2. The molecule has 0 fully saturated rings. The molecule has 0 aromatic heterocycles. The molecule has 2 unspecified atom stereocenters. The van der Waals surface area contributed by atoms with Crippen molar-refractivity contribution in [3.63, 3.8) is 0 Å². The lowest BCUT2D eigenvalue weighted by Gasteiger charge is -2.15. The topological polar surface area (TPSA) is 76.7 Å². The molecule has 6 nitrogen and oxygen atoms in total. The highest BCUT2D eigenvalue weighted by molar-refractivity contribution is 5.78. The summed E-state index contributed by atoms with van der Waals surface area (Å²) in [6.45, 7) is 16.4. The Morgan fingerprint density at radius 3 is 1.48 bits per heavy atom. The first-order valence-electron chi connectivity index (χ1n) is 8.49. The van der Waals surface area contributed by atoms with Crippen molar-refractivity contribution in [1.82, 2.24) is 10.6 Å². The van der Waals surface area contributed by atoms with Crippen LogP contribution in [0, 0.1) is 11.8 Å². The fraction of sp³-hybridized carbons (Fsp3) is 0.882. The fourth-order valence-corrected chi connectivity index (χ4v) is 1.36.